The Kier molecular flexibility index (Phi) is 2.81. The van der Waals surface area contributed by atoms with Gasteiger partial charge in [0.25, 0.3) is 0 Å². The Labute approximate surface area is 71.7 Å². The lowest BCUT2D eigenvalue weighted by molar-refractivity contribution is -0.122. The molecule has 1 aliphatic heterocycles. The quantitative estimate of drug-likeness (QED) is 0.614. The summed E-state index contributed by atoms with van der Waals surface area (Å²) < 4.78 is 0. The second-order valence-electron chi connectivity index (χ2n) is 3.33. The van der Waals surface area contributed by atoms with Crippen molar-refractivity contribution < 1.29 is 9.59 Å². The van der Waals surface area contributed by atoms with E-state index in [1.54, 1.807) is 6.92 Å². The minimum Gasteiger partial charge on any atom is -0.369 e. The van der Waals surface area contributed by atoms with E-state index in [0.717, 1.165) is 13.0 Å². The summed E-state index contributed by atoms with van der Waals surface area (Å²) in [4.78, 5) is 23.4. The molecule has 1 heterocycles. The van der Waals surface area contributed by atoms with E-state index in [4.69, 9.17) is 5.73 Å². The number of likely N-dealkylation sites (tertiary alicyclic amines) is 1. The monoisotopic (exact) mass is 170 g/mol. The second-order valence-corrected chi connectivity index (χ2v) is 3.33. The molecule has 1 amide bonds. The maximum atomic E-state index is 10.7. The fraction of sp³-hybridized carbons (Fsp3) is 0.750. The van der Waals surface area contributed by atoms with E-state index in [9.17, 15) is 9.59 Å². The number of primary amides is 1. The van der Waals surface area contributed by atoms with Crippen LogP contribution in [-0.4, -0.2) is 36.2 Å². The number of rotatable bonds is 3. The Hall–Kier alpha value is -0.900. The van der Waals surface area contributed by atoms with Gasteiger partial charge in [-0.3, -0.25) is 14.5 Å². The molecule has 1 aliphatic rings. The molecule has 0 saturated carbocycles. The molecule has 1 rings (SSSR count). The molecular formula is C8H14N2O2. The van der Waals surface area contributed by atoms with Crippen LogP contribution < -0.4 is 5.73 Å². The number of ketones is 1. The summed E-state index contributed by atoms with van der Waals surface area (Å²) in [5.74, 6) is -0.162. The van der Waals surface area contributed by atoms with Crippen molar-refractivity contribution in [2.75, 3.05) is 19.6 Å². The van der Waals surface area contributed by atoms with E-state index < -0.39 is 0 Å². The van der Waals surface area contributed by atoms with Crippen LogP contribution in [0.4, 0.5) is 0 Å². The Morgan fingerprint density at radius 1 is 1.58 bits per heavy atom. The summed E-state index contributed by atoms with van der Waals surface area (Å²) in [6.07, 6.45) is 0.794. The summed E-state index contributed by atoms with van der Waals surface area (Å²) in [6.45, 7) is 3.46. The average Bonchev–Trinajstić information content (AvgIpc) is 2.34. The Morgan fingerprint density at radius 3 is 2.67 bits per heavy atom. The summed E-state index contributed by atoms with van der Waals surface area (Å²) in [6, 6.07) is 0. The van der Waals surface area contributed by atoms with Crippen molar-refractivity contribution in [2.45, 2.75) is 13.3 Å². The zero-order valence-electron chi connectivity index (χ0n) is 7.25. The number of hydrogen-bond donors (Lipinski definition) is 1. The summed E-state index contributed by atoms with van der Waals surface area (Å²) in [5, 5.41) is 0. The van der Waals surface area contributed by atoms with E-state index in [0.29, 0.717) is 13.1 Å². The number of hydrogen-bond acceptors (Lipinski definition) is 3. The largest absolute Gasteiger partial charge is 0.369 e. The first-order chi connectivity index (χ1) is 5.59. The van der Waals surface area contributed by atoms with E-state index in [2.05, 4.69) is 0 Å². The van der Waals surface area contributed by atoms with E-state index >= 15 is 0 Å². The molecule has 0 spiro atoms. The zero-order chi connectivity index (χ0) is 9.14. The highest BCUT2D eigenvalue weighted by Crippen LogP contribution is 2.14. The van der Waals surface area contributed by atoms with Crippen molar-refractivity contribution in [3.8, 4) is 0 Å². The van der Waals surface area contributed by atoms with Crippen molar-refractivity contribution >= 4 is 11.7 Å². The molecule has 12 heavy (non-hydrogen) atoms. The van der Waals surface area contributed by atoms with Crippen molar-refractivity contribution in [1.29, 1.82) is 0 Å². The maximum Gasteiger partial charge on any atom is 0.221 e. The third-order valence-corrected chi connectivity index (χ3v) is 2.12. The summed E-state index contributed by atoms with van der Waals surface area (Å²) in [7, 11) is 0. The fourth-order valence-corrected chi connectivity index (χ4v) is 1.52. The van der Waals surface area contributed by atoms with E-state index in [-0.39, 0.29) is 17.6 Å². The maximum absolute atomic E-state index is 10.7. The molecule has 0 aromatic rings. The number of Topliss-reactive ketones (excluding diaryl/α,β-unsaturated/α-hetero) is 1. The van der Waals surface area contributed by atoms with Crippen LogP contribution >= 0.6 is 0 Å². The van der Waals surface area contributed by atoms with Gasteiger partial charge in [-0.05, 0) is 19.9 Å². The van der Waals surface area contributed by atoms with Crippen LogP contribution in [-0.2, 0) is 9.59 Å². The molecular weight excluding hydrogens is 156 g/mol. The SMILES string of the molecule is CC(=O)CN1CCC(C(N)=O)C1. The third kappa shape index (κ3) is 2.30. The average molecular weight is 170 g/mol. The fourth-order valence-electron chi connectivity index (χ4n) is 1.52. The van der Waals surface area contributed by atoms with Gasteiger partial charge in [-0.15, -0.1) is 0 Å². The van der Waals surface area contributed by atoms with Crippen LogP contribution in [0.25, 0.3) is 0 Å². The standard InChI is InChI=1S/C8H14N2O2/c1-6(11)4-10-3-2-7(5-10)8(9)12/h7H,2-5H2,1H3,(H2,9,12). The van der Waals surface area contributed by atoms with Crippen LogP contribution in [0, 0.1) is 5.92 Å². The van der Waals surface area contributed by atoms with Gasteiger partial charge in [-0.1, -0.05) is 0 Å². The minimum absolute atomic E-state index is 0.0515. The summed E-state index contributed by atoms with van der Waals surface area (Å²) >= 11 is 0. The summed E-state index contributed by atoms with van der Waals surface area (Å²) in [5.41, 5.74) is 5.14. The van der Waals surface area contributed by atoms with Crippen LogP contribution in [0.15, 0.2) is 0 Å². The first-order valence-corrected chi connectivity index (χ1v) is 4.10. The molecule has 4 nitrogen and oxygen atoms in total. The Bertz CT molecular complexity index is 203. The Morgan fingerprint density at radius 2 is 2.25 bits per heavy atom. The van der Waals surface area contributed by atoms with Gasteiger partial charge in [0.05, 0.1) is 12.5 Å². The van der Waals surface area contributed by atoms with Gasteiger partial charge >= 0.3 is 0 Å². The van der Waals surface area contributed by atoms with Gasteiger partial charge in [-0.25, -0.2) is 0 Å². The number of carbonyl (C=O) groups excluding carboxylic acids is 2. The van der Waals surface area contributed by atoms with Gasteiger partial charge in [-0.2, -0.15) is 0 Å². The van der Waals surface area contributed by atoms with Crippen molar-refractivity contribution in [3.63, 3.8) is 0 Å². The van der Waals surface area contributed by atoms with Crippen LogP contribution in [0.1, 0.15) is 13.3 Å². The topological polar surface area (TPSA) is 63.4 Å². The van der Waals surface area contributed by atoms with Crippen LogP contribution in [0.5, 0.6) is 0 Å². The highest BCUT2D eigenvalue weighted by molar-refractivity contribution is 5.79. The lowest BCUT2D eigenvalue weighted by Gasteiger charge is -2.11. The molecule has 4 heteroatoms. The lowest BCUT2D eigenvalue weighted by atomic mass is 10.1. The molecule has 0 aromatic heterocycles. The van der Waals surface area contributed by atoms with Crippen molar-refractivity contribution in [1.82, 2.24) is 4.90 Å². The molecule has 2 N–H and O–H groups in total. The first kappa shape index (κ1) is 9.19. The van der Waals surface area contributed by atoms with Gasteiger partial charge < -0.3 is 5.73 Å². The van der Waals surface area contributed by atoms with Crippen molar-refractivity contribution in [3.05, 3.63) is 0 Å². The molecule has 68 valence electrons. The van der Waals surface area contributed by atoms with Crippen molar-refractivity contribution in [2.24, 2.45) is 11.7 Å². The van der Waals surface area contributed by atoms with Gasteiger partial charge in [0.15, 0.2) is 0 Å². The highest BCUT2D eigenvalue weighted by Gasteiger charge is 2.26. The number of carbonyl (C=O) groups is 2. The van der Waals surface area contributed by atoms with Crippen LogP contribution in [0.2, 0.25) is 0 Å². The molecule has 1 fully saturated rings. The smallest absolute Gasteiger partial charge is 0.221 e. The Balaban J connectivity index is 2.35. The normalized spacial score (nSPS) is 24.2. The predicted molar refractivity (Wildman–Crippen MR) is 44.4 cm³/mol. The molecule has 0 aromatic carbocycles. The minimum atomic E-state index is -0.249. The number of nitrogens with two attached hydrogens (primary N) is 1. The molecule has 0 aliphatic carbocycles. The zero-order valence-corrected chi connectivity index (χ0v) is 7.25. The van der Waals surface area contributed by atoms with E-state index in [1.165, 1.54) is 0 Å². The number of amides is 1. The first-order valence-electron chi connectivity index (χ1n) is 4.10. The van der Waals surface area contributed by atoms with Gasteiger partial charge in [0.1, 0.15) is 5.78 Å². The van der Waals surface area contributed by atoms with Crippen LogP contribution in [0.3, 0.4) is 0 Å². The third-order valence-electron chi connectivity index (χ3n) is 2.12. The molecule has 1 unspecified atom stereocenters. The van der Waals surface area contributed by atoms with Gasteiger partial charge in [0.2, 0.25) is 5.91 Å². The molecule has 1 saturated heterocycles. The second kappa shape index (κ2) is 3.67. The molecule has 1 atom stereocenters. The highest BCUT2D eigenvalue weighted by atomic mass is 16.1. The van der Waals surface area contributed by atoms with Gasteiger partial charge in [0, 0.05) is 6.54 Å². The van der Waals surface area contributed by atoms with E-state index in [1.807, 2.05) is 4.90 Å². The number of nitrogens with zero attached hydrogens (tertiary/aromatic N) is 1. The lowest BCUT2D eigenvalue weighted by Crippen LogP contribution is -2.30. The predicted octanol–water partition coefficient (Wildman–Crippen LogP) is -0.617. The molecule has 0 bridgehead atoms. The molecule has 0 radical (unpaired) electrons.